The van der Waals surface area contributed by atoms with Gasteiger partial charge in [-0.3, -0.25) is 14.4 Å². The molecule has 186 valence electrons. The van der Waals surface area contributed by atoms with Crippen LogP contribution in [0.3, 0.4) is 0 Å². The first-order chi connectivity index (χ1) is 16.0. The Morgan fingerprint density at radius 3 is 2.29 bits per heavy atom. The van der Waals surface area contributed by atoms with Crippen LogP contribution in [0.25, 0.3) is 0 Å². The van der Waals surface area contributed by atoms with Crippen LogP contribution in [0.1, 0.15) is 40.0 Å². The molecule has 2 fully saturated rings. The number of sulfone groups is 1. The quantitative estimate of drug-likeness (QED) is 0.378. The molecule has 2 saturated heterocycles. The van der Waals surface area contributed by atoms with E-state index in [9.17, 15) is 27.6 Å². The lowest BCUT2D eigenvalue weighted by atomic mass is 10.0. The van der Waals surface area contributed by atoms with Gasteiger partial charge in [-0.25, -0.2) is 23.0 Å². The molecule has 2 aliphatic heterocycles. The van der Waals surface area contributed by atoms with E-state index in [0.29, 0.717) is 34.5 Å². The summed E-state index contributed by atoms with van der Waals surface area (Å²) in [6.45, 7) is 5.59. The predicted octanol–water partition coefficient (Wildman–Crippen LogP) is 1.25. The molecule has 2 aliphatic rings. The lowest BCUT2D eigenvalue weighted by Crippen LogP contribution is -2.51. The van der Waals surface area contributed by atoms with E-state index in [1.54, 1.807) is 13.0 Å². The number of nitrogens with one attached hydrogen (secondary N) is 1. The van der Waals surface area contributed by atoms with Crippen molar-refractivity contribution in [1.29, 1.82) is 0 Å². The van der Waals surface area contributed by atoms with Crippen molar-refractivity contribution in [3.05, 3.63) is 18.2 Å². The van der Waals surface area contributed by atoms with Gasteiger partial charge >= 0.3 is 17.8 Å². The Kier molecular flexibility index (Phi) is 7.49. The number of carbonyl (C=O) groups excluding carboxylic acids is 4. The van der Waals surface area contributed by atoms with Crippen molar-refractivity contribution in [1.82, 2.24) is 10.2 Å². The van der Waals surface area contributed by atoms with Crippen LogP contribution in [0.2, 0.25) is 0 Å². The highest BCUT2D eigenvalue weighted by molar-refractivity contribution is 7.91. The smallest absolute Gasteiger partial charge is 0.339 e. The van der Waals surface area contributed by atoms with E-state index in [0.717, 1.165) is 12.8 Å². The zero-order valence-corrected chi connectivity index (χ0v) is 20.3. The molecule has 0 aromatic heterocycles. The molecule has 0 bridgehead atoms. The number of rotatable bonds is 10. The number of carbonyl (C=O) groups is 4. The third-order valence-electron chi connectivity index (χ3n) is 5.41. The van der Waals surface area contributed by atoms with Gasteiger partial charge in [0.25, 0.3) is 0 Å². The van der Waals surface area contributed by atoms with E-state index in [1.165, 1.54) is 12.1 Å². The number of urea groups is 1. The standard InChI is InChI=1S/C22H29N3O8S/c1-4-9-32-16-7-6-15(12-17(16)33-10-5-2)25-20(28)19(27)24(21(25)29)13-18(26)23-22(3)8-11-34(30,31)14-22/h6-7,12H,4-5,8-11,13-14H2,1-3H3,(H,23,26)/t22-/m0/s1. The van der Waals surface area contributed by atoms with Crippen molar-refractivity contribution in [2.45, 2.75) is 45.6 Å². The molecule has 0 unspecified atom stereocenters. The summed E-state index contributed by atoms with van der Waals surface area (Å²) in [6.07, 6.45) is 1.72. The minimum atomic E-state index is -3.27. The van der Waals surface area contributed by atoms with Crippen molar-refractivity contribution in [2.24, 2.45) is 0 Å². The van der Waals surface area contributed by atoms with E-state index < -0.39 is 45.7 Å². The molecule has 1 aromatic carbocycles. The zero-order valence-electron chi connectivity index (χ0n) is 19.5. The summed E-state index contributed by atoms with van der Waals surface area (Å²) in [7, 11) is -3.27. The highest BCUT2D eigenvalue weighted by Gasteiger charge is 2.47. The molecule has 12 heteroatoms. The summed E-state index contributed by atoms with van der Waals surface area (Å²) in [6, 6.07) is 3.48. The Hall–Kier alpha value is -3.15. The number of ether oxygens (including phenoxy) is 2. The van der Waals surface area contributed by atoms with E-state index in [1.807, 2.05) is 13.8 Å². The average molecular weight is 496 g/mol. The second kappa shape index (κ2) is 10.00. The highest BCUT2D eigenvalue weighted by Crippen LogP contribution is 2.34. The van der Waals surface area contributed by atoms with Gasteiger partial charge in [0.1, 0.15) is 6.54 Å². The molecule has 0 radical (unpaired) electrons. The Balaban J connectivity index is 1.77. The van der Waals surface area contributed by atoms with Crippen LogP contribution in [-0.2, 0) is 24.2 Å². The number of imide groups is 2. The first kappa shape index (κ1) is 25.5. The molecule has 0 saturated carbocycles. The maximum absolute atomic E-state index is 12.9. The molecule has 1 N–H and O–H groups in total. The average Bonchev–Trinajstić information content (AvgIpc) is 3.16. The largest absolute Gasteiger partial charge is 0.490 e. The number of benzene rings is 1. The number of nitrogens with zero attached hydrogens (tertiary/aromatic N) is 2. The SMILES string of the molecule is CCCOc1ccc(N2C(=O)C(=O)N(CC(=O)N[C@@]3(C)CCS(=O)(=O)C3)C2=O)cc1OCCC. The number of hydrogen-bond donors (Lipinski definition) is 1. The fourth-order valence-corrected chi connectivity index (χ4v) is 5.89. The monoisotopic (exact) mass is 495 g/mol. The van der Waals surface area contributed by atoms with Crippen molar-refractivity contribution in [2.75, 3.05) is 36.2 Å². The highest BCUT2D eigenvalue weighted by atomic mass is 32.2. The van der Waals surface area contributed by atoms with Gasteiger partial charge in [0, 0.05) is 6.07 Å². The molecule has 5 amide bonds. The summed E-state index contributed by atoms with van der Waals surface area (Å²) < 4.78 is 34.8. The van der Waals surface area contributed by atoms with Crippen LogP contribution in [0.4, 0.5) is 10.5 Å². The Morgan fingerprint density at radius 2 is 1.71 bits per heavy atom. The van der Waals surface area contributed by atoms with Crippen LogP contribution >= 0.6 is 0 Å². The van der Waals surface area contributed by atoms with Crippen molar-refractivity contribution >= 4 is 39.3 Å². The molecule has 11 nitrogen and oxygen atoms in total. The minimum absolute atomic E-state index is 0.0575. The Morgan fingerprint density at radius 1 is 1.06 bits per heavy atom. The van der Waals surface area contributed by atoms with E-state index in [4.69, 9.17) is 9.47 Å². The summed E-state index contributed by atoms with van der Waals surface area (Å²) in [5.74, 6) is -2.49. The maximum Gasteiger partial charge on any atom is 0.339 e. The third kappa shape index (κ3) is 5.49. The Bertz CT molecular complexity index is 1100. The van der Waals surface area contributed by atoms with Gasteiger partial charge in [-0.2, -0.15) is 0 Å². The number of hydrogen-bond acceptors (Lipinski definition) is 8. The second-order valence-corrected chi connectivity index (χ2v) is 10.8. The van der Waals surface area contributed by atoms with Crippen LogP contribution in [0, 0.1) is 0 Å². The van der Waals surface area contributed by atoms with Gasteiger partial charge in [0.2, 0.25) is 5.91 Å². The maximum atomic E-state index is 12.9. The van der Waals surface area contributed by atoms with E-state index >= 15 is 0 Å². The fourth-order valence-electron chi connectivity index (χ4n) is 3.79. The first-order valence-corrected chi connectivity index (χ1v) is 12.9. The van der Waals surface area contributed by atoms with Gasteiger partial charge in [0.15, 0.2) is 21.3 Å². The van der Waals surface area contributed by atoms with Crippen LogP contribution in [0.15, 0.2) is 18.2 Å². The van der Waals surface area contributed by atoms with Crippen molar-refractivity contribution in [3.8, 4) is 11.5 Å². The molecule has 1 aromatic rings. The van der Waals surface area contributed by atoms with Crippen LogP contribution < -0.4 is 19.7 Å². The van der Waals surface area contributed by atoms with Gasteiger partial charge in [-0.05, 0) is 38.3 Å². The number of amides is 5. The Labute approximate surface area is 198 Å². The van der Waals surface area contributed by atoms with Crippen molar-refractivity contribution in [3.63, 3.8) is 0 Å². The summed E-state index contributed by atoms with van der Waals surface area (Å²) in [5, 5.41) is 2.58. The zero-order chi connectivity index (χ0) is 25.1. The van der Waals surface area contributed by atoms with E-state index in [-0.39, 0.29) is 23.6 Å². The lowest BCUT2D eigenvalue weighted by Gasteiger charge is -2.25. The van der Waals surface area contributed by atoms with Crippen LogP contribution in [-0.4, -0.2) is 73.9 Å². The molecule has 0 spiro atoms. The van der Waals surface area contributed by atoms with Gasteiger partial charge in [-0.15, -0.1) is 0 Å². The van der Waals surface area contributed by atoms with E-state index in [2.05, 4.69) is 5.32 Å². The molecule has 2 heterocycles. The molecule has 34 heavy (non-hydrogen) atoms. The summed E-state index contributed by atoms with van der Waals surface area (Å²) >= 11 is 0. The van der Waals surface area contributed by atoms with Crippen molar-refractivity contribution < 1.29 is 37.1 Å². The lowest BCUT2D eigenvalue weighted by molar-refractivity contribution is -0.140. The van der Waals surface area contributed by atoms with Gasteiger partial charge in [-0.1, -0.05) is 13.8 Å². The van der Waals surface area contributed by atoms with Crippen LogP contribution in [0.5, 0.6) is 11.5 Å². The van der Waals surface area contributed by atoms with Gasteiger partial charge in [0.05, 0.1) is 35.9 Å². The topological polar surface area (TPSA) is 139 Å². The third-order valence-corrected chi connectivity index (χ3v) is 7.31. The normalized spacial score (nSPS) is 21.8. The number of anilines is 1. The predicted molar refractivity (Wildman–Crippen MR) is 122 cm³/mol. The first-order valence-electron chi connectivity index (χ1n) is 11.1. The molecular weight excluding hydrogens is 466 g/mol. The molecular formula is C22H29N3O8S. The molecule has 0 aliphatic carbocycles. The molecule has 1 atom stereocenters. The molecule has 3 rings (SSSR count). The minimum Gasteiger partial charge on any atom is -0.490 e. The second-order valence-electron chi connectivity index (χ2n) is 8.59. The van der Waals surface area contributed by atoms with Gasteiger partial charge < -0.3 is 14.8 Å². The summed E-state index contributed by atoms with van der Waals surface area (Å²) in [5.41, 5.74) is -0.888. The fraction of sp³-hybridized carbons (Fsp3) is 0.545. The summed E-state index contributed by atoms with van der Waals surface area (Å²) in [4.78, 5) is 51.8.